The van der Waals surface area contributed by atoms with Crippen LogP contribution in [-0.4, -0.2) is 15.1 Å². The van der Waals surface area contributed by atoms with Crippen molar-refractivity contribution >= 4 is 11.3 Å². The Morgan fingerprint density at radius 2 is 2.31 bits per heavy atom. The highest BCUT2D eigenvalue weighted by Crippen LogP contribution is 2.16. The number of aliphatic hydroxyl groups is 1. The molecule has 3 nitrogen and oxygen atoms in total. The summed E-state index contributed by atoms with van der Waals surface area (Å²) in [5, 5.41) is 11.5. The highest BCUT2D eigenvalue weighted by molar-refractivity contribution is 7.09. The number of hydrogen-bond acceptors (Lipinski definition) is 4. The van der Waals surface area contributed by atoms with Crippen LogP contribution >= 0.6 is 11.3 Å². The molecule has 1 atom stereocenters. The normalized spacial score (nSPS) is 12.7. The third kappa shape index (κ3) is 2.46. The molecule has 0 aliphatic heterocycles. The molecule has 2 aromatic rings. The van der Waals surface area contributed by atoms with E-state index in [1.807, 2.05) is 18.4 Å². The van der Waals surface area contributed by atoms with Gasteiger partial charge in [-0.3, -0.25) is 0 Å². The second kappa shape index (κ2) is 4.72. The highest BCUT2D eigenvalue weighted by atomic mass is 32.1. The molecule has 16 heavy (non-hydrogen) atoms. The summed E-state index contributed by atoms with van der Waals surface area (Å²) in [6.45, 7) is 3.63. The van der Waals surface area contributed by atoms with E-state index in [1.54, 1.807) is 24.5 Å². The average Bonchev–Trinajstić information content (AvgIpc) is 2.70. The first-order valence-corrected chi connectivity index (χ1v) is 6.07. The van der Waals surface area contributed by atoms with E-state index in [0.29, 0.717) is 0 Å². The number of aromatic nitrogens is 2. The van der Waals surface area contributed by atoms with Crippen LogP contribution in [0.5, 0.6) is 0 Å². The zero-order valence-electron chi connectivity index (χ0n) is 9.34. The molecule has 0 aliphatic rings. The molecule has 0 saturated carbocycles. The number of thiophene rings is 1. The Morgan fingerprint density at radius 1 is 1.50 bits per heavy atom. The zero-order chi connectivity index (χ0) is 11.5. The number of aryl methyl sites for hydroxylation is 1. The van der Waals surface area contributed by atoms with Crippen LogP contribution in [0.4, 0.5) is 0 Å². The van der Waals surface area contributed by atoms with Crippen molar-refractivity contribution in [3.05, 3.63) is 45.7 Å². The van der Waals surface area contributed by atoms with Crippen LogP contribution in [0.1, 0.15) is 35.0 Å². The fourth-order valence-corrected chi connectivity index (χ4v) is 2.29. The fraction of sp³-hybridized carbons (Fsp3) is 0.333. The van der Waals surface area contributed by atoms with E-state index in [1.165, 1.54) is 4.88 Å². The van der Waals surface area contributed by atoms with Gasteiger partial charge >= 0.3 is 0 Å². The number of nitrogens with zero attached hydrogens (tertiary/aromatic N) is 2. The van der Waals surface area contributed by atoms with Crippen molar-refractivity contribution in [3.63, 3.8) is 0 Å². The van der Waals surface area contributed by atoms with Crippen molar-refractivity contribution < 1.29 is 5.11 Å². The van der Waals surface area contributed by atoms with Crippen LogP contribution in [0.2, 0.25) is 0 Å². The van der Waals surface area contributed by atoms with Crippen LogP contribution < -0.4 is 0 Å². The first-order chi connectivity index (χ1) is 7.66. The largest absolute Gasteiger partial charge is 0.389 e. The van der Waals surface area contributed by atoms with E-state index in [2.05, 4.69) is 16.0 Å². The Balaban J connectivity index is 2.21. The lowest BCUT2D eigenvalue weighted by molar-refractivity contribution is 0.197. The molecule has 0 aromatic carbocycles. The molecule has 0 radical (unpaired) electrons. The SMILES string of the molecule is Cc1nc(Cc2cccs2)ncc1[C@@H](C)O. The van der Waals surface area contributed by atoms with Crippen molar-refractivity contribution in [2.75, 3.05) is 0 Å². The summed E-state index contributed by atoms with van der Waals surface area (Å²) < 4.78 is 0. The average molecular weight is 234 g/mol. The molecule has 0 aliphatic carbocycles. The molecule has 0 bridgehead atoms. The standard InChI is InChI=1S/C12H14N2OS/c1-8-11(9(2)15)7-13-12(14-8)6-10-4-3-5-16-10/h3-5,7,9,15H,6H2,1-2H3/t9-/m1/s1. The predicted molar refractivity (Wildman–Crippen MR) is 64.5 cm³/mol. The summed E-state index contributed by atoms with van der Waals surface area (Å²) in [4.78, 5) is 9.93. The minimum Gasteiger partial charge on any atom is -0.389 e. The Labute approximate surface area is 98.8 Å². The first kappa shape index (κ1) is 11.2. The van der Waals surface area contributed by atoms with Gasteiger partial charge in [-0.05, 0) is 25.3 Å². The van der Waals surface area contributed by atoms with E-state index >= 15 is 0 Å². The minimum atomic E-state index is -0.504. The van der Waals surface area contributed by atoms with Gasteiger partial charge in [-0.15, -0.1) is 11.3 Å². The minimum absolute atomic E-state index is 0.504. The predicted octanol–water partition coefficient (Wildman–Crippen LogP) is 2.49. The lowest BCUT2D eigenvalue weighted by Crippen LogP contribution is -2.03. The molecule has 4 heteroatoms. The number of rotatable bonds is 3. The van der Waals surface area contributed by atoms with Crippen LogP contribution in [0, 0.1) is 6.92 Å². The summed E-state index contributed by atoms with van der Waals surface area (Å²) in [6.07, 6.45) is 1.98. The van der Waals surface area contributed by atoms with Gasteiger partial charge in [0.05, 0.1) is 6.10 Å². The zero-order valence-corrected chi connectivity index (χ0v) is 10.2. The molecular formula is C12H14N2OS. The summed E-state index contributed by atoms with van der Waals surface area (Å²) >= 11 is 1.70. The van der Waals surface area contributed by atoms with Crippen molar-refractivity contribution in [2.24, 2.45) is 0 Å². The van der Waals surface area contributed by atoms with Crippen LogP contribution in [0.15, 0.2) is 23.7 Å². The van der Waals surface area contributed by atoms with Gasteiger partial charge in [-0.2, -0.15) is 0 Å². The lowest BCUT2D eigenvalue weighted by Gasteiger charge is -2.08. The molecule has 2 rings (SSSR count). The Kier molecular flexibility index (Phi) is 3.31. The van der Waals surface area contributed by atoms with E-state index in [9.17, 15) is 5.11 Å². The van der Waals surface area contributed by atoms with Crippen LogP contribution in [0.3, 0.4) is 0 Å². The highest BCUT2D eigenvalue weighted by Gasteiger charge is 2.08. The lowest BCUT2D eigenvalue weighted by atomic mass is 10.1. The van der Waals surface area contributed by atoms with Gasteiger partial charge < -0.3 is 5.11 Å². The molecule has 1 N–H and O–H groups in total. The van der Waals surface area contributed by atoms with Crippen molar-refractivity contribution in [2.45, 2.75) is 26.4 Å². The second-order valence-corrected chi connectivity index (χ2v) is 4.79. The molecule has 0 amide bonds. The molecule has 0 spiro atoms. The van der Waals surface area contributed by atoms with Crippen LogP contribution in [0.25, 0.3) is 0 Å². The summed E-state index contributed by atoms with van der Waals surface area (Å²) in [6, 6.07) is 4.10. The van der Waals surface area contributed by atoms with E-state index < -0.39 is 6.10 Å². The Bertz CT molecular complexity index is 466. The third-order valence-electron chi connectivity index (χ3n) is 2.43. The topological polar surface area (TPSA) is 46.0 Å². The van der Waals surface area contributed by atoms with E-state index in [-0.39, 0.29) is 0 Å². The van der Waals surface area contributed by atoms with E-state index in [4.69, 9.17) is 0 Å². The maximum absolute atomic E-state index is 9.47. The van der Waals surface area contributed by atoms with Gasteiger partial charge in [0.1, 0.15) is 5.82 Å². The molecule has 0 saturated heterocycles. The molecule has 84 valence electrons. The smallest absolute Gasteiger partial charge is 0.133 e. The molecular weight excluding hydrogens is 220 g/mol. The van der Waals surface area contributed by atoms with Gasteiger partial charge in [-0.25, -0.2) is 9.97 Å². The maximum atomic E-state index is 9.47. The van der Waals surface area contributed by atoms with Gasteiger partial charge in [0.15, 0.2) is 0 Å². The molecule has 0 unspecified atom stereocenters. The quantitative estimate of drug-likeness (QED) is 0.887. The van der Waals surface area contributed by atoms with Gasteiger partial charge in [-0.1, -0.05) is 6.07 Å². The van der Waals surface area contributed by atoms with Gasteiger partial charge in [0.25, 0.3) is 0 Å². The monoisotopic (exact) mass is 234 g/mol. The van der Waals surface area contributed by atoms with Gasteiger partial charge in [0.2, 0.25) is 0 Å². The maximum Gasteiger partial charge on any atom is 0.133 e. The first-order valence-electron chi connectivity index (χ1n) is 5.19. The molecule has 0 fully saturated rings. The Morgan fingerprint density at radius 3 is 2.88 bits per heavy atom. The molecule has 2 aromatic heterocycles. The summed E-state index contributed by atoms with van der Waals surface area (Å²) in [5.41, 5.74) is 1.66. The summed E-state index contributed by atoms with van der Waals surface area (Å²) in [7, 11) is 0. The molecule has 2 heterocycles. The second-order valence-electron chi connectivity index (χ2n) is 3.76. The summed E-state index contributed by atoms with van der Waals surface area (Å²) in [5.74, 6) is 0.810. The number of aliphatic hydroxyl groups excluding tert-OH is 1. The van der Waals surface area contributed by atoms with Crippen LogP contribution in [-0.2, 0) is 6.42 Å². The number of hydrogen-bond donors (Lipinski definition) is 1. The van der Waals surface area contributed by atoms with Crippen molar-refractivity contribution in [1.82, 2.24) is 9.97 Å². The third-order valence-corrected chi connectivity index (χ3v) is 3.31. The van der Waals surface area contributed by atoms with Crippen molar-refractivity contribution in [1.29, 1.82) is 0 Å². The van der Waals surface area contributed by atoms with E-state index in [0.717, 1.165) is 23.5 Å². The fourth-order valence-electron chi connectivity index (χ4n) is 1.59. The van der Waals surface area contributed by atoms with Crippen molar-refractivity contribution in [3.8, 4) is 0 Å². The van der Waals surface area contributed by atoms with Gasteiger partial charge in [0, 0.05) is 28.8 Å². The Hall–Kier alpha value is -1.26.